The first-order chi connectivity index (χ1) is 12.3. The van der Waals surface area contributed by atoms with Crippen LogP contribution in [0, 0.1) is 0 Å². The number of rotatable bonds is 7. The van der Waals surface area contributed by atoms with Crippen LogP contribution < -0.4 is 15.4 Å². The Labute approximate surface area is 156 Å². The van der Waals surface area contributed by atoms with Crippen molar-refractivity contribution in [1.29, 1.82) is 0 Å². The molecule has 2 aromatic carbocycles. The van der Waals surface area contributed by atoms with Gasteiger partial charge in [0.2, 0.25) is 5.91 Å². The second-order valence-electron chi connectivity index (χ2n) is 5.28. The van der Waals surface area contributed by atoms with Crippen molar-refractivity contribution < 1.29 is 18.0 Å². The molecule has 0 bridgehead atoms. The summed E-state index contributed by atoms with van der Waals surface area (Å²) in [6.07, 6.45) is 0. The highest BCUT2D eigenvalue weighted by atomic mass is 35.5. The second kappa shape index (κ2) is 8.68. The van der Waals surface area contributed by atoms with Gasteiger partial charge in [-0.1, -0.05) is 23.7 Å². The van der Waals surface area contributed by atoms with Gasteiger partial charge in [-0.2, -0.15) is 0 Å². The lowest BCUT2D eigenvalue weighted by atomic mass is 10.2. The molecule has 2 rings (SSSR count). The smallest absolute Gasteiger partial charge is 0.261 e. The fraction of sp³-hybridized carbons (Fsp3) is 0.176. The molecule has 0 aliphatic heterocycles. The van der Waals surface area contributed by atoms with Crippen molar-refractivity contribution in [2.75, 3.05) is 17.8 Å². The Kier molecular flexibility index (Phi) is 6.59. The summed E-state index contributed by atoms with van der Waals surface area (Å²) in [7, 11) is -3.89. The van der Waals surface area contributed by atoms with Gasteiger partial charge < -0.3 is 10.6 Å². The number of hydrogen-bond acceptors (Lipinski definition) is 4. The number of anilines is 1. The topological polar surface area (TPSA) is 104 Å². The van der Waals surface area contributed by atoms with Gasteiger partial charge in [0.05, 0.1) is 17.1 Å². The van der Waals surface area contributed by atoms with E-state index in [0.717, 1.165) is 0 Å². The molecule has 26 heavy (non-hydrogen) atoms. The van der Waals surface area contributed by atoms with Gasteiger partial charge in [0, 0.05) is 17.1 Å². The molecular weight excluding hydrogens is 378 g/mol. The fourth-order valence-electron chi connectivity index (χ4n) is 2.09. The number of carbonyl (C=O) groups is 2. The molecule has 0 unspecified atom stereocenters. The molecule has 7 nitrogen and oxygen atoms in total. The van der Waals surface area contributed by atoms with E-state index in [2.05, 4.69) is 15.4 Å². The Morgan fingerprint density at radius 3 is 2.46 bits per heavy atom. The number of halogens is 1. The SMILES string of the molecule is CCNC(=O)CNC(=O)c1cccc(S(=O)(=O)Nc2cccc(Cl)c2)c1. The largest absolute Gasteiger partial charge is 0.355 e. The highest BCUT2D eigenvalue weighted by Gasteiger charge is 2.17. The lowest BCUT2D eigenvalue weighted by molar-refractivity contribution is -0.120. The van der Waals surface area contributed by atoms with Gasteiger partial charge in [0.15, 0.2) is 0 Å². The molecule has 0 aromatic heterocycles. The van der Waals surface area contributed by atoms with E-state index in [0.29, 0.717) is 17.3 Å². The van der Waals surface area contributed by atoms with E-state index in [1.54, 1.807) is 25.1 Å². The third-order valence-electron chi connectivity index (χ3n) is 3.27. The first-order valence-corrected chi connectivity index (χ1v) is 9.61. The summed E-state index contributed by atoms with van der Waals surface area (Å²) in [5, 5.41) is 5.38. The normalized spacial score (nSPS) is 10.8. The average Bonchev–Trinajstić information content (AvgIpc) is 2.60. The van der Waals surface area contributed by atoms with Crippen LogP contribution in [0.3, 0.4) is 0 Å². The van der Waals surface area contributed by atoms with Crippen LogP contribution in [0.2, 0.25) is 5.02 Å². The Balaban J connectivity index is 2.14. The Morgan fingerprint density at radius 1 is 1.04 bits per heavy atom. The quantitative estimate of drug-likeness (QED) is 0.666. The summed E-state index contributed by atoms with van der Waals surface area (Å²) in [5.74, 6) is -0.872. The van der Waals surface area contributed by atoms with E-state index in [9.17, 15) is 18.0 Å². The van der Waals surface area contributed by atoms with E-state index in [-0.39, 0.29) is 22.9 Å². The van der Waals surface area contributed by atoms with E-state index < -0.39 is 15.9 Å². The average molecular weight is 396 g/mol. The monoisotopic (exact) mass is 395 g/mol. The maximum absolute atomic E-state index is 12.5. The summed E-state index contributed by atoms with van der Waals surface area (Å²) in [4.78, 5) is 23.4. The zero-order valence-electron chi connectivity index (χ0n) is 14.0. The standard InChI is InChI=1S/C17H18ClN3O4S/c1-2-19-16(22)11-20-17(23)12-5-3-8-15(9-12)26(24,25)21-14-7-4-6-13(18)10-14/h3-10,21H,2,11H2,1H3,(H,19,22)(H,20,23). The minimum absolute atomic E-state index is 0.0804. The summed E-state index contributed by atoms with van der Waals surface area (Å²) in [6.45, 7) is 2.03. The van der Waals surface area contributed by atoms with Crippen molar-refractivity contribution in [3.63, 3.8) is 0 Å². The third-order valence-corrected chi connectivity index (χ3v) is 4.88. The molecule has 0 radical (unpaired) electrons. The predicted octanol–water partition coefficient (Wildman–Crippen LogP) is 2.01. The van der Waals surface area contributed by atoms with Gasteiger partial charge in [-0.25, -0.2) is 8.42 Å². The molecular formula is C17H18ClN3O4S. The van der Waals surface area contributed by atoms with Crippen molar-refractivity contribution in [2.45, 2.75) is 11.8 Å². The summed E-state index contributed by atoms with van der Waals surface area (Å²) < 4.78 is 27.4. The van der Waals surface area contributed by atoms with Crippen molar-refractivity contribution in [3.8, 4) is 0 Å². The van der Waals surface area contributed by atoms with Crippen molar-refractivity contribution in [3.05, 3.63) is 59.1 Å². The molecule has 0 heterocycles. The fourth-order valence-corrected chi connectivity index (χ4v) is 3.38. The van der Waals surface area contributed by atoms with Gasteiger partial charge in [-0.15, -0.1) is 0 Å². The highest BCUT2D eigenvalue weighted by Crippen LogP contribution is 2.20. The maximum atomic E-state index is 12.5. The first kappa shape index (κ1) is 19.7. The number of nitrogens with one attached hydrogen (secondary N) is 3. The van der Waals surface area contributed by atoms with Crippen LogP contribution in [-0.2, 0) is 14.8 Å². The zero-order chi connectivity index (χ0) is 19.2. The number of hydrogen-bond donors (Lipinski definition) is 3. The third kappa shape index (κ3) is 5.47. The predicted molar refractivity (Wildman–Crippen MR) is 99.7 cm³/mol. The number of amides is 2. The molecule has 0 spiro atoms. The number of sulfonamides is 1. The molecule has 0 fully saturated rings. The molecule has 9 heteroatoms. The first-order valence-electron chi connectivity index (χ1n) is 7.75. The highest BCUT2D eigenvalue weighted by molar-refractivity contribution is 7.92. The van der Waals surface area contributed by atoms with E-state index >= 15 is 0 Å². The van der Waals surface area contributed by atoms with Crippen LogP contribution >= 0.6 is 11.6 Å². The van der Waals surface area contributed by atoms with Gasteiger partial charge in [0.25, 0.3) is 15.9 Å². The van der Waals surface area contributed by atoms with Gasteiger partial charge >= 0.3 is 0 Å². The molecule has 0 aliphatic rings. The van der Waals surface area contributed by atoms with Crippen molar-refractivity contribution >= 4 is 39.1 Å². The second-order valence-corrected chi connectivity index (χ2v) is 7.40. The summed E-state index contributed by atoms with van der Waals surface area (Å²) in [6, 6.07) is 11.8. The van der Waals surface area contributed by atoms with Crippen LogP contribution in [0.4, 0.5) is 5.69 Å². The molecule has 0 atom stereocenters. The van der Waals surface area contributed by atoms with Crippen LogP contribution in [0.5, 0.6) is 0 Å². The van der Waals surface area contributed by atoms with Gasteiger partial charge in [-0.3, -0.25) is 14.3 Å². The minimum Gasteiger partial charge on any atom is -0.355 e. The van der Waals surface area contributed by atoms with E-state index in [1.165, 1.54) is 30.3 Å². The minimum atomic E-state index is -3.89. The molecule has 0 saturated heterocycles. The molecule has 0 saturated carbocycles. The lowest BCUT2D eigenvalue weighted by Gasteiger charge is -2.10. The number of likely N-dealkylation sites (N-methyl/N-ethyl adjacent to an activating group) is 1. The lowest BCUT2D eigenvalue weighted by Crippen LogP contribution is -2.36. The molecule has 138 valence electrons. The summed E-state index contributed by atoms with van der Waals surface area (Å²) >= 11 is 5.85. The number of benzene rings is 2. The van der Waals surface area contributed by atoms with Crippen LogP contribution in [0.25, 0.3) is 0 Å². The van der Waals surface area contributed by atoms with Crippen LogP contribution in [-0.4, -0.2) is 33.3 Å². The van der Waals surface area contributed by atoms with Crippen molar-refractivity contribution in [2.24, 2.45) is 0 Å². The van der Waals surface area contributed by atoms with Crippen molar-refractivity contribution in [1.82, 2.24) is 10.6 Å². The molecule has 0 aliphatic carbocycles. The number of carbonyl (C=O) groups excluding carboxylic acids is 2. The Morgan fingerprint density at radius 2 is 1.77 bits per heavy atom. The zero-order valence-corrected chi connectivity index (χ0v) is 15.5. The van der Waals surface area contributed by atoms with Gasteiger partial charge in [-0.05, 0) is 43.3 Å². The molecule has 3 N–H and O–H groups in total. The Hall–Kier alpha value is -2.58. The van der Waals surface area contributed by atoms with E-state index in [4.69, 9.17) is 11.6 Å². The molecule has 2 amide bonds. The van der Waals surface area contributed by atoms with Crippen LogP contribution in [0.1, 0.15) is 17.3 Å². The van der Waals surface area contributed by atoms with Gasteiger partial charge in [0.1, 0.15) is 0 Å². The summed E-state index contributed by atoms with van der Waals surface area (Å²) in [5.41, 5.74) is 0.437. The maximum Gasteiger partial charge on any atom is 0.261 e. The van der Waals surface area contributed by atoms with E-state index in [1.807, 2.05) is 0 Å². The molecule has 2 aromatic rings. The Bertz CT molecular complexity index is 916. The van der Waals surface area contributed by atoms with Crippen LogP contribution in [0.15, 0.2) is 53.4 Å².